The van der Waals surface area contributed by atoms with Gasteiger partial charge in [0.15, 0.2) is 0 Å². The Balaban J connectivity index is 2.20. The van der Waals surface area contributed by atoms with Gasteiger partial charge in [0, 0.05) is 16.6 Å². The average Bonchev–Trinajstić information content (AvgIpc) is 3.05. The molecule has 0 bridgehead atoms. The molecule has 0 aliphatic rings. The summed E-state index contributed by atoms with van der Waals surface area (Å²) in [5.41, 5.74) is 3.90. The normalized spacial score (nSPS) is 11.3. The van der Waals surface area contributed by atoms with Crippen molar-refractivity contribution in [2.45, 2.75) is 54.1 Å². The zero-order valence-corrected chi connectivity index (χ0v) is 18.5. The monoisotopic (exact) mass is 406 g/mol. The molecule has 2 N–H and O–H groups in total. The summed E-state index contributed by atoms with van der Waals surface area (Å²) >= 11 is 1.60. The standard InChI is InChI=1S/C20H30N4O3S/c1-8-27-20(26)17-12(4)18(22-13(17)5)19-14(6)28-16(23-19)10-24(7)9-15(25)21-11(2)3/h11,22H,8-10H2,1-7H3,(H,21,25). The molecule has 2 heterocycles. The van der Waals surface area contributed by atoms with E-state index in [1.165, 1.54) is 0 Å². The highest BCUT2D eigenvalue weighted by molar-refractivity contribution is 7.12. The minimum absolute atomic E-state index is 0.000849. The van der Waals surface area contributed by atoms with Crippen molar-refractivity contribution in [2.24, 2.45) is 0 Å². The first-order valence-electron chi connectivity index (χ1n) is 9.44. The quantitative estimate of drug-likeness (QED) is 0.658. The first-order valence-corrected chi connectivity index (χ1v) is 10.3. The molecular formula is C20H30N4O3S. The summed E-state index contributed by atoms with van der Waals surface area (Å²) in [7, 11) is 1.90. The Morgan fingerprint density at radius 1 is 1.29 bits per heavy atom. The van der Waals surface area contributed by atoms with Crippen LogP contribution in [0.3, 0.4) is 0 Å². The Kier molecular flexibility index (Phi) is 7.37. The van der Waals surface area contributed by atoms with Gasteiger partial charge >= 0.3 is 5.97 Å². The number of amides is 1. The number of esters is 1. The number of rotatable bonds is 8. The molecule has 1 amide bonds. The SMILES string of the molecule is CCOC(=O)c1c(C)[nH]c(-c2nc(CN(C)CC(=O)NC(C)C)sc2C)c1C. The molecule has 0 aromatic carbocycles. The summed E-state index contributed by atoms with van der Waals surface area (Å²) in [6, 6.07) is 0.127. The van der Waals surface area contributed by atoms with Crippen molar-refractivity contribution in [1.29, 1.82) is 0 Å². The Labute approximate surface area is 170 Å². The predicted molar refractivity (Wildman–Crippen MR) is 112 cm³/mol. The molecule has 28 heavy (non-hydrogen) atoms. The smallest absolute Gasteiger partial charge is 0.340 e. The van der Waals surface area contributed by atoms with Crippen LogP contribution in [-0.2, 0) is 16.1 Å². The van der Waals surface area contributed by atoms with Crippen molar-refractivity contribution >= 4 is 23.2 Å². The molecule has 0 saturated heterocycles. The highest BCUT2D eigenvalue weighted by Gasteiger charge is 2.23. The Bertz CT molecular complexity index is 854. The minimum atomic E-state index is -0.316. The van der Waals surface area contributed by atoms with E-state index in [0.29, 0.717) is 25.3 Å². The molecule has 0 spiro atoms. The van der Waals surface area contributed by atoms with E-state index in [9.17, 15) is 9.59 Å². The second-order valence-corrected chi connectivity index (χ2v) is 8.54. The molecule has 0 unspecified atom stereocenters. The molecule has 154 valence electrons. The lowest BCUT2D eigenvalue weighted by molar-refractivity contribution is -0.122. The summed E-state index contributed by atoms with van der Waals surface area (Å²) in [5.74, 6) is -0.315. The van der Waals surface area contributed by atoms with Gasteiger partial charge in [-0.15, -0.1) is 11.3 Å². The van der Waals surface area contributed by atoms with Gasteiger partial charge < -0.3 is 15.0 Å². The number of ether oxygens (including phenoxy) is 1. The second kappa shape index (κ2) is 9.34. The zero-order chi connectivity index (χ0) is 21.0. The van der Waals surface area contributed by atoms with Crippen molar-refractivity contribution < 1.29 is 14.3 Å². The molecule has 2 rings (SSSR count). The third-order valence-electron chi connectivity index (χ3n) is 4.26. The Morgan fingerprint density at radius 3 is 2.57 bits per heavy atom. The number of hydrogen-bond donors (Lipinski definition) is 2. The van der Waals surface area contributed by atoms with Crippen LogP contribution < -0.4 is 5.32 Å². The molecule has 2 aromatic heterocycles. The van der Waals surface area contributed by atoms with Crippen LogP contribution in [0.2, 0.25) is 0 Å². The number of aryl methyl sites for hydroxylation is 2. The summed E-state index contributed by atoms with van der Waals surface area (Å²) in [6.07, 6.45) is 0. The topological polar surface area (TPSA) is 87.3 Å². The maximum atomic E-state index is 12.2. The lowest BCUT2D eigenvalue weighted by Gasteiger charge is -2.16. The lowest BCUT2D eigenvalue weighted by atomic mass is 10.1. The van der Waals surface area contributed by atoms with E-state index in [-0.39, 0.29) is 17.9 Å². The Hall–Kier alpha value is -2.19. The number of aromatic amines is 1. The van der Waals surface area contributed by atoms with Crippen molar-refractivity contribution in [1.82, 2.24) is 20.2 Å². The third kappa shape index (κ3) is 5.20. The number of nitrogens with zero attached hydrogens (tertiary/aromatic N) is 2. The number of carbonyl (C=O) groups is 2. The van der Waals surface area contributed by atoms with Gasteiger partial charge in [-0.1, -0.05) is 0 Å². The number of hydrogen-bond acceptors (Lipinski definition) is 6. The maximum absolute atomic E-state index is 12.2. The largest absolute Gasteiger partial charge is 0.462 e. The van der Waals surface area contributed by atoms with Gasteiger partial charge in [0.2, 0.25) is 5.91 Å². The first-order chi connectivity index (χ1) is 13.1. The molecule has 2 aromatic rings. The van der Waals surface area contributed by atoms with E-state index < -0.39 is 0 Å². The van der Waals surface area contributed by atoms with E-state index >= 15 is 0 Å². The minimum Gasteiger partial charge on any atom is -0.462 e. The van der Waals surface area contributed by atoms with Gasteiger partial charge in [0.1, 0.15) is 10.7 Å². The number of H-pyrrole nitrogens is 1. The average molecular weight is 407 g/mol. The van der Waals surface area contributed by atoms with Crippen molar-refractivity contribution in [3.8, 4) is 11.4 Å². The van der Waals surface area contributed by atoms with Crippen LogP contribution in [0.5, 0.6) is 0 Å². The van der Waals surface area contributed by atoms with Crippen LogP contribution >= 0.6 is 11.3 Å². The molecule has 0 aliphatic heterocycles. The van der Waals surface area contributed by atoms with Gasteiger partial charge in [-0.05, 0) is 54.2 Å². The molecule has 8 heteroatoms. The van der Waals surface area contributed by atoms with E-state index in [0.717, 1.165) is 32.5 Å². The summed E-state index contributed by atoms with van der Waals surface area (Å²) in [5, 5.41) is 3.82. The van der Waals surface area contributed by atoms with Crippen LogP contribution in [0, 0.1) is 20.8 Å². The Morgan fingerprint density at radius 2 is 1.96 bits per heavy atom. The van der Waals surface area contributed by atoms with Crippen LogP contribution in [0.1, 0.15) is 52.3 Å². The van der Waals surface area contributed by atoms with Crippen molar-refractivity contribution in [3.63, 3.8) is 0 Å². The van der Waals surface area contributed by atoms with Gasteiger partial charge in [-0.25, -0.2) is 9.78 Å². The van der Waals surface area contributed by atoms with Gasteiger partial charge in [-0.3, -0.25) is 9.69 Å². The fourth-order valence-electron chi connectivity index (χ4n) is 3.15. The zero-order valence-electron chi connectivity index (χ0n) is 17.7. The number of nitrogens with one attached hydrogen (secondary N) is 2. The van der Waals surface area contributed by atoms with Crippen LogP contribution in [0.4, 0.5) is 0 Å². The summed E-state index contributed by atoms with van der Waals surface area (Å²) in [4.78, 5) is 35.2. The van der Waals surface area contributed by atoms with Crippen LogP contribution in [0.15, 0.2) is 0 Å². The molecule has 7 nitrogen and oxygen atoms in total. The van der Waals surface area contributed by atoms with Crippen LogP contribution in [0.25, 0.3) is 11.4 Å². The van der Waals surface area contributed by atoms with E-state index in [4.69, 9.17) is 9.72 Å². The number of aromatic nitrogens is 2. The van der Waals surface area contributed by atoms with Crippen molar-refractivity contribution in [2.75, 3.05) is 20.2 Å². The van der Waals surface area contributed by atoms with Gasteiger partial charge in [0.25, 0.3) is 0 Å². The predicted octanol–water partition coefficient (Wildman–Crippen LogP) is 3.20. The fourth-order valence-corrected chi connectivity index (χ4v) is 4.17. The number of thiazole rings is 1. The summed E-state index contributed by atoms with van der Waals surface area (Å²) in [6.45, 7) is 12.7. The van der Waals surface area contributed by atoms with Gasteiger partial charge in [0.05, 0.1) is 31.0 Å². The molecule has 0 aliphatic carbocycles. The molecule has 0 radical (unpaired) electrons. The third-order valence-corrected chi connectivity index (χ3v) is 5.22. The van der Waals surface area contributed by atoms with Gasteiger partial charge in [-0.2, -0.15) is 0 Å². The number of carbonyl (C=O) groups excluding carboxylic acids is 2. The molecule has 0 atom stereocenters. The lowest BCUT2D eigenvalue weighted by Crippen LogP contribution is -2.38. The van der Waals surface area contributed by atoms with Crippen molar-refractivity contribution in [3.05, 3.63) is 26.7 Å². The molecule has 0 fully saturated rings. The molecule has 0 saturated carbocycles. The first kappa shape index (κ1) is 22.1. The van der Waals surface area contributed by atoms with E-state index in [1.807, 2.05) is 46.6 Å². The van der Waals surface area contributed by atoms with Crippen LogP contribution in [-0.4, -0.2) is 53.0 Å². The second-order valence-electron chi connectivity index (χ2n) is 7.25. The van der Waals surface area contributed by atoms with E-state index in [1.54, 1.807) is 18.3 Å². The number of likely N-dealkylation sites (N-methyl/N-ethyl adjacent to an activating group) is 1. The maximum Gasteiger partial charge on any atom is 0.340 e. The fraction of sp³-hybridized carbons (Fsp3) is 0.550. The summed E-state index contributed by atoms with van der Waals surface area (Å²) < 4.78 is 5.17. The highest BCUT2D eigenvalue weighted by Crippen LogP contribution is 2.32. The highest BCUT2D eigenvalue weighted by atomic mass is 32.1. The van der Waals surface area contributed by atoms with E-state index in [2.05, 4.69) is 10.3 Å². The molecular weight excluding hydrogens is 376 g/mol.